The predicted octanol–water partition coefficient (Wildman–Crippen LogP) is 4.07. The van der Waals surface area contributed by atoms with Gasteiger partial charge in [0.25, 0.3) is 0 Å². The predicted molar refractivity (Wildman–Crippen MR) is 113 cm³/mol. The zero-order chi connectivity index (χ0) is 19.9. The van der Waals surface area contributed by atoms with E-state index >= 15 is 0 Å². The third kappa shape index (κ3) is 3.18. The quantitative estimate of drug-likeness (QED) is 0.329. The van der Waals surface area contributed by atoms with Crippen molar-refractivity contribution in [3.63, 3.8) is 0 Å². The first-order valence-electron chi connectivity index (χ1n) is 11.7. The van der Waals surface area contributed by atoms with Crippen molar-refractivity contribution in [2.45, 2.75) is 84.5 Å². The molecule has 158 valence electrons. The Balaban J connectivity index is 1.55. The first-order chi connectivity index (χ1) is 13.4. The molecule has 4 N–H and O–H groups in total. The summed E-state index contributed by atoms with van der Waals surface area (Å²) in [6, 6.07) is 0. The summed E-state index contributed by atoms with van der Waals surface area (Å²) in [6.45, 7) is 5.28. The fraction of sp³-hybridized carbons (Fsp3) is 0.913. The molecule has 0 aromatic heterocycles. The molecule has 0 aromatic rings. The van der Waals surface area contributed by atoms with Crippen LogP contribution < -0.4 is 11.7 Å². The lowest BCUT2D eigenvalue weighted by Crippen LogP contribution is -2.57. The van der Waals surface area contributed by atoms with E-state index in [9.17, 15) is 4.79 Å². The summed E-state index contributed by atoms with van der Waals surface area (Å²) >= 11 is 0. The Labute approximate surface area is 170 Å². The van der Waals surface area contributed by atoms with Gasteiger partial charge in [-0.15, -0.1) is 0 Å². The van der Waals surface area contributed by atoms with E-state index in [4.69, 9.17) is 11.7 Å². The Morgan fingerprint density at radius 1 is 1.00 bits per heavy atom. The molecule has 4 saturated carbocycles. The van der Waals surface area contributed by atoms with Crippen LogP contribution in [0.5, 0.6) is 0 Å². The third-order valence-corrected chi connectivity index (χ3v) is 9.77. The van der Waals surface area contributed by atoms with Crippen molar-refractivity contribution in [2.24, 2.45) is 57.2 Å². The van der Waals surface area contributed by atoms with Crippen LogP contribution in [0.1, 0.15) is 84.5 Å². The zero-order valence-corrected chi connectivity index (χ0v) is 17.9. The first kappa shape index (κ1) is 20.2. The number of Topliss-reactive ketones (excluding diaryl/α,β-unsaturated/α-hetero) is 1. The summed E-state index contributed by atoms with van der Waals surface area (Å²) in [6.07, 6.45) is 16.0. The fourth-order valence-corrected chi connectivity index (χ4v) is 8.44. The molecule has 4 aliphatic carbocycles. The van der Waals surface area contributed by atoms with Crippen molar-refractivity contribution in [1.29, 1.82) is 0 Å². The minimum Gasteiger partial charge on any atom is -0.322 e. The topological polar surface area (TPSA) is 84.7 Å². The number of carbonyl (C=O) groups excluding carboxylic acids is 1. The van der Waals surface area contributed by atoms with Gasteiger partial charge in [0.05, 0.1) is 6.54 Å². The average molecular weight is 389 g/mol. The minimum atomic E-state index is 0.140. The Hall–Kier alpha value is -1.10. The molecule has 0 heterocycles. The summed E-state index contributed by atoms with van der Waals surface area (Å²) in [5, 5.41) is 4.80. The maximum absolute atomic E-state index is 13.2. The highest BCUT2D eigenvalue weighted by molar-refractivity contribution is 5.85. The molecule has 5 heteroatoms. The molecule has 4 fully saturated rings. The molecule has 4 rings (SSSR count). The van der Waals surface area contributed by atoms with Crippen molar-refractivity contribution < 1.29 is 4.79 Å². The number of rotatable bonds is 4. The van der Waals surface area contributed by atoms with Crippen LogP contribution in [-0.4, -0.2) is 23.7 Å². The normalized spacial score (nSPS) is 45.8. The fourth-order valence-electron chi connectivity index (χ4n) is 8.44. The molecule has 0 spiro atoms. The second-order valence-corrected chi connectivity index (χ2v) is 10.8. The number of nitrogens with zero attached hydrogens (tertiary/aromatic N) is 2. The standard InChI is InChI=1S/C23H40N4O/c1-22-12-4-3-6-16(22)9-10-17-18-7-5-8-20(21(28)14-27(25)15-26-24)23(18,2)13-11-19(17)22/h15-20H,3-14,24-25H2,1-2H3/b26-15-/t16?,17-,18?,19?,20+,22-,23-/m0/s1. The van der Waals surface area contributed by atoms with E-state index in [1.165, 1.54) is 75.6 Å². The third-order valence-electron chi connectivity index (χ3n) is 9.77. The monoisotopic (exact) mass is 388 g/mol. The molecular weight excluding hydrogens is 348 g/mol. The van der Waals surface area contributed by atoms with Gasteiger partial charge in [-0.25, -0.2) is 5.84 Å². The molecule has 28 heavy (non-hydrogen) atoms. The summed E-state index contributed by atoms with van der Waals surface area (Å²) in [5.41, 5.74) is 0.708. The molecule has 0 aliphatic heterocycles. The number of fused-ring (bicyclic) bond motifs is 5. The number of nitrogens with two attached hydrogens (primary N) is 2. The van der Waals surface area contributed by atoms with Crippen LogP contribution in [0.4, 0.5) is 0 Å². The highest BCUT2D eigenvalue weighted by atomic mass is 16.1. The van der Waals surface area contributed by atoms with Gasteiger partial charge in [0, 0.05) is 5.92 Å². The van der Waals surface area contributed by atoms with Gasteiger partial charge in [-0.1, -0.05) is 33.1 Å². The van der Waals surface area contributed by atoms with Gasteiger partial charge in [-0.2, -0.15) is 5.10 Å². The van der Waals surface area contributed by atoms with Gasteiger partial charge in [-0.05, 0) is 85.9 Å². The van der Waals surface area contributed by atoms with Crippen LogP contribution in [0.3, 0.4) is 0 Å². The van der Waals surface area contributed by atoms with Crippen molar-refractivity contribution in [3.05, 3.63) is 0 Å². The molecular formula is C23H40N4O. The van der Waals surface area contributed by atoms with E-state index in [0.29, 0.717) is 11.3 Å². The number of hydrazine groups is 1. The lowest BCUT2D eigenvalue weighted by Gasteiger charge is -2.63. The lowest BCUT2D eigenvalue weighted by atomic mass is 9.41. The number of hydrogen-bond donors (Lipinski definition) is 2. The van der Waals surface area contributed by atoms with Crippen LogP contribution in [-0.2, 0) is 4.79 Å². The van der Waals surface area contributed by atoms with E-state index < -0.39 is 0 Å². The average Bonchev–Trinajstić information content (AvgIpc) is 2.66. The zero-order valence-electron chi connectivity index (χ0n) is 17.9. The molecule has 7 atom stereocenters. The van der Waals surface area contributed by atoms with E-state index in [0.717, 1.165) is 24.2 Å². The van der Waals surface area contributed by atoms with E-state index in [1.807, 2.05) is 0 Å². The lowest BCUT2D eigenvalue weighted by molar-refractivity contribution is -0.155. The highest BCUT2D eigenvalue weighted by Crippen LogP contribution is 2.66. The highest BCUT2D eigenvalue weighted by Gasteiger charge is 2.59. The minimum absolute atomic E-state index is 0.140. The van der Waals surface area contributed by atoms with Crippen LogP contribution in [0, 0.1) is 40.4 Å². The second-order valence-electron chi connectivity index (χ2n) is 10.8. The Morgan fingerprint density at radius 2 is 1.79 bits per heavy atom. The molecule has 0 amide bonds. The Morgan fingerprint density at radius 3 is 2.57 bits per heavy atom. The van der Waals surface area contributed by atoms with Crippen LogP contribution in [0.25, 0.3) is 0 Å². The Bertz CT molecular complexity index is 622. The number of ketones is 1. The molecule has 3 unspecified atom stereocenters. The van der Waals surface area contributed by atoms with Gasteiger partial charge in [0.15, 0.2) is 5.78 Å². The SMILES string of the molecule is C[C@]12CCCCC1CC[C@@H]1C2CC[C@@]2(C)C1CCC[C@@H]2C(=O)CN(N)/C=N\N. The number of carbonyl (C=O) groups is 1. The van der Waals surface area contributed by atoms with Crippen LogP contribution >= 0.6 is 0 Å². The van der Waals surface area contributed by atoms with Crippen molar-refractivity contribution in [3.8, 4) is 0 Å². The van der Waals surface area contributed by atoms with E-state index in [1.54, 1.807) is 0 Å². The smallest absolute Gasteiger partial charge is 0.157 e. The number of hydrazone groups is 1. The van der Waals surface area contributed by atoms with Gasteiger partial charge in [0.1, 0.15) is 6.34 Å². The van der Waals surface area contributed by atoms with Crippen LogP contribution in [0.2, 0.25) is 0 Å². The van der Waals surface area contributed by atoms with E-state index in [-0.39, 0.29) is 23.7 Å². The summed E-state index contributed by atoms with van der Waals surface area (Å²) in [5.74, 6) is 14.9. The molecule has 5 nitrogen and oxygen atoms in total. The van der Waals surface area contributed by atoms with Crippen LogP contribution in [0.15, 0.2) is 5.10 Å². The van der Waals surface area contributed by atoms with Crippen molar-refractivity contribution in [1.82, 2.24) is 5.01 Å². The maximum Gasteiger partial charge on any atom is 0.157 e. The largest absolute Gasteiger partial charge is 0.322 e. The molecule has 0 aromatic carbocycles. The number of hydrogen-bond acceptors (Lipinski definition) is 4. The molecule has 0 saturated heterocycles. The molecule has 4 aliphatic rings. The van der Waals surface area contributed by atoms with Gasteiger partial charge >= 0.3 is 0 Å². The molecule has 0 bridgehead atoms. The summed E-state index contributed by atoms with van der Waals surface area (Å²) in [4.78, 5) is 13.2. The van der Waals surface area contributed by atoms with Crippen molar-refractivity contribution >= 4 is 12.1 Å². The maximum atomic E-state index is 13.2. The van der Waals surface area contributed by atoms with Gasteiger partial charge < -0.3 is 5.84 Å². The van der Waals surface area contributed by atoms with Crippen molar-refractivity contribution in [2.75, 3.05) is 6.54 Å². The van der Waals surface area contributed by atoms with Gasteiger partial charge in [-0.3, -0.25) is 9.80 Å². The molecule has 0 radical (unpaired) electrons. The second kappa shape index (κ2) is 7.62. The first-order valence-corrected chi connectivity index (χ1v) is 11.7. The van der Waals surface area contributed by atoms with Gasteiger partial charge in [0.2, 0.25) is 0 Å². The Kier molecular flexibility index (Phi) is 5.49. The summed E-state index contributed by atoms with van der Waals surface area (Å²) in [7, 11) is 0. The van der Waals surface area contributed by atoms with E-state index in [2.05, 4.69) is 18.9 Å². The summed E-state index contributed by atoms with van der Waals surface area (Å²) < 4.78 is 0.